The van der Waals surface area contributed by atoms with Crippen molar-refractivity contribution in [2.24, 2.45) is 0 Å². The van der Waals surface area contributed by atoms with E-state index in [2.05, 4.69) is 29.6 Å². The highest BCUT2D eigenvalue weighted by atomic mass is 16.5. The average Bonchev–Trinajstić information content (AvgIpc) is 3.13. The predicted octanol–water partition coefficient (Wildman–Crippen LogP) is 4.41. The molecule has 1 aliphatic rings. The lowest BCUT2D eigenvalue weighted by Gasteiger charge is -2.23. The van der Waals surface area contributed by atoms with Gasteiger partial charge in [0.05, 0.1) is 0 Å². The van der Waals surface area contributed by atoms with Crippen LogP contribution in [0.3, 0.4) is 0 Å². The van der Waals surface area contributed by atoms with E-state index < -0.39 is 18.1 Å². The number of alkyl carbamates (subject to hydrolysis) is 1. The third-order valence-electron chi connectivity index (χ3n) is 6.05. The summed E-state index contributed by atoms with van der Waals surface area (Å²) in [5.41, 5.74) is 4.59. The minimum Gasteiger partial charge on any atom is -0.480 e. The Morgan fingerprint density at radius 1 is 1.03 bits per heavy atom. The van der Waals surface area contributed by atoms with Gasteiger partial charge in [-0.3, -0.25) is 9.59 Å². The van der Waals surface area contributed by atoms with E-state index in [4.69, 9.17) is 9.84 Å². The summed E-state index contributed by atoms with van der Waals surface area (Å²) in [6.45, 7) is 3.93. The lowest BCUT2D eigenvalue weighted by atomic mass is 9.98. The second-order valence-electron chi connectivity index (χ2n) is 8.31. The number of benzene rings is 2. The molecular weight excluding hydrogens is 420 g/mol. The predicted molar refractivity (Wildman–Crippen MR) is 126 cm³/mol. The van der Waals surface area contributed by atoms with Crippen LogP contribution in [0.15, 0.2) is 48.5 Å². The van der Waals surface area contributed by atoms with E-state index in [-0.39, 0.29) is 31.4 Å². The fourth-order valence-corrected chi connectivity index (χ4v) is 4.36. The molecule has 7 heteroatoms. The number of likely N-dealkylation sites (N-methyl/N-ethyl adjacent to an activating group) is 1. The van der Waals surface area contributed by atoms with Crippen molar-refractivity contribution >= 4 is 18.0 Å². The van der Waals surface area contributed by atoms with Gasteiger partial charge < -0.3 is 20.1 Å². The number of carbonyl (C=O) groups is 3. The second-order valence-corrected chi connectivity index (χ2v) is 8.31. The number of amides is 2. The van der Waals surface area contributed by atoms with Crippen LogP contribution >= 0.6 is 0 Å². The Labute approximate surface area is 194 Å². The van der Waals surface area contributed by atoms with Gasteiger partial charge in [0.2, 0.25) is 5.91 Å². The molecule has 2 aromatic rings. The van der Waals surface area contributed by atoms with E-state index in [1.54, 1.807) is 6.92 Å². The van der Waals surface area contributed by atoms with Crippen molar-refractivity contribution in [2.45, 2.75) is 51.5 Å². The van der Waals surface area contributed by atoms with Crippen LogP contribution < -0.4 is 5.32 Å². The zero-order valence-electron chi connectivity index (χ0n) is 19.3. The Balaban J connectivity index is 1.62. The molecule has 2 aromatic carbocycles. The maximum atomic E-state index is 12.6. The molecule has 176 valence electrons. The Hall–Kier alpha value is -3.35. The third-order valence-corrected chi connectivity index (χ3v) is 6.05. The molecule has 2 amide bonds. The molecule has 0 aromatic heterocycles. The molecule has 0 heterocycles. The first kappa shape index (κ1) is 24.3. The molecule has 0 saturated heterocycles. The number of hydrogen-bond acceptors (Lipinski definition) is 4. The zero-order valence-corrected chi connectivity index (χ0v) is 19.3. The van der Waals surface area contributed by atoms with Crippen LogP contribution in [0.1, 0.15) is 56.6 Å². The van der Waals surface area contributed by atoms with Gasteiger partial charge in [-0.1, -0.05) is 68.3 Å². The SMILES string of the molecule is CCCC[C@H](CC(=O)N(CC)CC(=O)O)NC(=O)OCC1c2ccccc2-c2ccccc21. The van der Waals surface area contributed by atoms with E-state index >= 15 is 0 Å². The van der Waals surface area contributed by atoms with Gasteiger partial charge in [0.15, 0.2) is 0 Å². The minimum absolute atomic E-state index is 0.0370. The Bertz CT molecular complexity index is 945. The van der Waals surface area contributed by atoms with Crippen molar-refractivity contribution in [3.63, 3.8) is 0 Å². The molecule has 0 unspecified atom stereocenters. The van der Waals surface area contributed by atoms with Crippen LogP contribution in [-0.4, -0.2) is 53.7 Å². The van der Waals surface area contributed by atoms with E-state index in [1.807, 2.05) is 31.2 Å². The molecule has 2 N–H and O–H groups in total. The lowest BCUT2D eigenvalue weighted by Crippen LogP contribution is -2.42. The molecule has 1 aliphatic carbocycles. The maximum absolute atomic E-state index is 12.6. The summed E-state index contributed by atoms with van der Waals surface area (Å²) in [5.74, 6) is -1.38. The second kappa shape index (κ2) is 11.5. The number of carbonyl (C=O) groups excluding carboxylic acids is 2. The van der Waals surface area contributed by atoms with E-state index in [9.17, 15) is 14.4 Å². The summed E-state index contributed by atoms with van der Waals surface area (Å²) in [4.78, 5) is 37.5. The van der Waals surface area contributed by atoms with Gasteiger partial charge in [-0.2, -0.15) is 0 Å². The van der Waals surface area contributed by atoms with Crippen molar-refractivity contribution in [3.8, 4) is 11.1 Å². The maximum Gasteiger partial charge on any atom is 0.407 e. The Morgan fingerprint density at radius 3 is 2.18 bits per heavy atom. The average molecular weight is 453 g/mol. The number of aliphatic carboxylic acids is 1. The van der Waals surface area contributed by atoms with E-state index in [0.717, 1.165) is 35.1 Å². The lowest BCUT2D eigenvalue weighted by molar-refractivity contribution is -0.144. The van der Waals surface area contributed by atoms with Gasteiger partial charge in [-0.15, -0.1) is 0 Å². The molecule has 0 spiro atoms. The van der Waals surface area contributed by atoms with Crippen LogP contribution in [-0.2, 0) is 14.3 Å². The van der Waals surface area contributed by atoms with Crippen LogP contribution in [0.5, 0.6) is 0 Å². The van der Waals surface area contributed by atoms with Crippen molar-refractivity contribution < 1.29 is 24.2 Å². The standard InChI is InChI=1S/C26H32N2O5/c1-3-5-10-18(15-24(29)28(4-2)16-25(30)31)27-26(32)33-17-23-21-13-8-6-11-19(21)20-12-7-9-14-22(20)23/h6-9,11-14,18,23H,3-5,10,15-17H2,1-2H3,(H,27,32)(H,30,31)/t18-/m1/s1. The van der Waals surface area contributed by atoms with Gasteiger partial charge in [0, 0.05) is 24.9 Å². The minimum atomic E-state index is -1.06. The van der Waals surface area contributed by atoms with Gasteiger partial charge >= 0.3 is 12.1 Å². The van der Waals surface area contributed by atoms with Crippen molar-refractivity contribution in [1.29, 1.82) is 0 Å². The van der Waals surface area contributed by atoms with Crippen LogP contribution in [0.25, 0.3) is 11.1 Å². The fourth-order valence-electron chi connectivity index (χ4n) is 4.36. The van der Waals surface area contributed by atoms with Crippen molar-refractivity contribution in [3.05, 3.63) is 59.7 Å². The molecule has 33 heavy (non-hydrogen) atoms. The zero-order chi connectivity index (χ0) is 23.8. The smallest absolute Gasteiger partial charge is 0.407 e. The number of nitrogens with one attached hydrogen (secondary N) is 1. The van der Waals surface area contributed by atoms with Crippen LogP contribution in [0.2, 0.25) is 0 Å². The van der Waals surface area contributed by atoms with Gasteiger partial charge in [-0.05, 0) is 35.6 Å². The first-order chi connectivity index (χ1) is 15.9. The number of fused-ring (bicyclic) bond motifs is 3. The summed E-state index contributed by atoms with van der Waals surface area (Å²) in [6, 6.07) is 15.9. The highest BCUT2D eigenvalue weighted by molar-refractivity contribution is 5.82. The monoisotopic (exact) mass is 452 g/mol. The highest BCUT2D eigenvalue weighted by Crippen LogP contribution is 2.44. The molecule has 3 rings (SSSR count). The number of carboxylic acids is 1. The third kappa shape index (κ3) is 6.12. The number of carboxylic acid groups (broad SMARTS) is 1. The number of nitrogens with zero attached hydrogens (tertiary/aromatic N) is 1. The highest BCUT2D eigenvalue weighted by Gasteiger charge is 2.29. The molecule has 1 atom stereocenters. The largest absolute Gasteiger partial charge is 0.480 e. The number of hydrogen-bond donors (Lipinski definition) is 2. The van der Waals surface area contributed by atoms with Crippen LogP contribution in [0.4, 0.5) is 4.79 Å². The summed E-state index contributed by atoms with van der Waals surface area (Å²) in [7, 11) is 0. The van der Waals surface area contributed by atoms with E-state index in [1.165, 1.54) is 4.90 Å². The van der Waals surface area contributed by atoms with E-state index in [0.29, 0.717) is 13.0 Å². The number of rotatable bonds is 11. The molecule has 0 radical (unpaired) electrons. The van der Waals surface area contributed by atoms with Gasteiger partial charge in [0.25, 0.3) is 0 Å². The molecule has 7 nitrogen and oxygen atoms in total. The molecule has 0 bridgehead atoms. The molecule has 0 saturated carbocycles. The van der Waals surface area contributed by atoms with Gasteiger partial charge in [-0.25, -0.2) is 4.79 Å². The topological polar surface area (TPSA) is 95.9 Å². The quantitative estimate of drug-likeness (QED) is 0.527. The normalized spacial score (nSPS) is 13.0. The first-order valence-electron chi connectivity index (χ1n) is 11.6. The molecular formula is C26H32N2O5. The van der Waals surface area contributed by atoms with Crippen LogP contribution in [0, 0.1) is 0 Å². The fraction of sp³-hybridized carbons (Fsp3) is 0.423. The summed E-state index contributed by atoms with van der Waals surface area (Å²) >= 11 is 0. The number of ether oxygens (including phenoxy) is 1. The first-order valence-corrected chi connectivity index (χ1v) is 11.6. The van der Waals surface area contributed by atoms with Crippen molar-refractivity contribution in [1.82, 2.24) is 10.2 Å². The Morgan fingerprint density at radius 2 is 1.64 bits per heavy atom. The summed E-state index contributed by atoms with van der Waals surface area (Å²) < 4.78 is 5.61. The van der Waals surface area contributed by atoms with Gasteiger partial charge in [0.1, 0.15) is 13.2 Å². The molecule has 0 aliphatic heterocycles. The summed E-state index contributed by atoms with van der Waals surface area (Å²) in [5, 5.41) is 11.8. The molecule has 0 fully saturated rings. The number of unbranched alkanes of at least 4 members (excludes halogenated alkanes) is 1. The summed E-state index contributed by atoms with van der Waals surface area (Å²) in [6.07, 6.45) is 1.87. The van der Waals surface area contributed by atoms with Crippen molar-refractivity contribution in [2.75, 3.05) is 19.7 Å². The Kier molecular flexibility index (Phi) is 8.46.